The van der Waals surface area contributed by atoms with Crippen LogP contribution in [0.25, 0.3) is 10.2 Å². The first-order valence-corrected chi connectivity index (χ1v) is 11.4. The summed E-state index contributed by atoms with van der Waals surface area (Å²) in [5.74, 6) is 0.121. The Balaban J connectivity index is 1.34. The fourth-order valence-electron chi connectivity index (χ4n) is 3.84. The lowest BCUT2D eigenvalue weighted by atomic mass is 10.2. The van der Waals surface area contributed by atoms with Crippen molar-refractivity contribution in [1.82, 2.24) is 14.9 Å². The molecule has 0 bridgehead atoms. The zero-order valence-electron chi connectivity index (χ0n) is 15.4. The van der Waals surface area contributed by atoms with Crippen LogP contribution in [-0.4, -0.2) is 32.6 Å². The second-order valence-electron chi connectivity index (χ2n) is 7.35. The summed E-state index contributed by atoms with van der Waals surface area (Å²) < 4.78 is 14.1. The largest absolute Gasteiger partial charge is 0.335 e. The first-order chi connectivity index (χ1) is 13.7. The molecule has 1 amide bonds. The number of thioether (sulfide) groups is 1. The molecule has 0 saturated heterocycles. The minimum absolute atomic E-state index is 0.0504. The van der Waals surface area contributed by atoms with E-state index in [1.54, 1.807) is 29.8 Å². The predicted octanol–water partition coefficient (Wildman–Crippen LogP) is 4.60. The second kappa shape index (κ2) is 7.44. The summed E-state index contributed by atoms with van der Waals surface area (Å²) in [6.07, 6.45) is 6.98. The van der Waals surface area contributed by atoms with E-state index in [9.17, 15) is 9.18 Å². The van der Waals surface area contributed by atoms with Gasteiger partial charge in [-0.1, -0.05) is 30.0 Å². The van der Waals surface area contributed by atoms with Crippen molar-refractivity contribution in [1.29, 1.82) is 0 Å². The van der Waals surface area contributed by atoms with Gasteiger partial charge in [-0.2, -0.15) is 0 Å². The summed E-state index contributed by atoms with van der Waals surface area (Å²) >= 11 is 3.25. The van der Waals surface area contributed by atoms with Crippen LogP contribution in [0.5, 0.6) is 0 Å². The number of aromatic nitrogens is 2. The molecule has 1 fully saturated rings. The number of fused-ring (bicyclic) bond motifs is 3. The molecule has 4 nitrogen and oxygen atoms in total. The number of halogens is 1. The van der Waals surface area contributed by atoms with Gasteiger partial charge in [-0.15, -0.1) is 11.3 Å². The lowest BCUT2D eigenvalue weighted by molar-refractivity contribution is -0.129. The summed E-state index contributed by atoms with van der Waals surface area (Å²) in [4.78, 5) is 26.1. The van der Waals surface area contributed by atoms with E-state index in [0.717, 1.165) is 40.9 Å². The average Bonchev–Trinajstić information content (AvgIpc) is 3.32. The maximum absolute atomic E-state index is 14.1. The van der Waals surface area contributed by atoms with Crippen molar-refractivity contribution in [2.24, 2.45) is 0 Å². The summed E-state index contributed by atoms with van der Waals surface area (Å²) in [7, 11) is 0. The number of amides is 1. The molecule has 28 heavy (non-hydrogen) atoms. The first kappa shape index (κ1) is 18.1. The molecule has 0 spiro atoms. The van der Waals surface area contributed by atoms with Crippen molar-refractivity contribution in [3.63, 3.8) is 0 Å². The van der Waals surface area contributed by atoms with Crippen LogP contribution in [0, 0.1) is 5.82 Å². The Morgan fingerprint density at radius 3 is 2.93 bits per heavy atom. The molecule has 0 N–H and O–H groups in total. The fraction of sp³-hybridized carbons (Fsp3) is 0.381. The third-order valence-corrected chi connectivity index (χ3v) is 7.58. The summed E-state index contributed by atoms with van der Waals surface area (Å²) in [6, 6.07) is 6.94. The zero-order valence-corrected chi connectivity index (χ0v) is 17.0. The summed E-state index contributed by atoms with van der Waals surface area (Å²) in [5.41, 5.74) is 1.95. The molecule has 2 aromatic heterocycles. The normalized spacial score (nSPS) is 15.8. The van der Waals surface area contributed by atoms with Gasteiger partial charge >= 0.3 is 0 Å². The molecule has 7 heteroatoms. The number of carbonyl (C=O) groups excluding carboxylic acids is 1. The van der Waals surface area contributed by atoms with Crippen LogP contribution >= 0.6 is 23.1 Å². The average molecular weight is 414 g/mol. The molecule has 2 aliphatic carbocycles. The van der Waals surface area contributed by atoms with Crippen molar-refractivity contribution in [3.05, 3.63) is 52.4 Å². The molecule has 1 aromatic carbocycles. The Bertz CT molecular complexity index is 1050. The molecule has 0 radical (unpaired) electrons. The fourth-order valence-corrected chi connectivity index (χ4v) is 6.04. The van der Waals surface area contributed by atoms with Crippen LogP contribution in [-0.2, 0) is 24.2 Å². The smallest absolute Gasteiger partial charge is 0.233 e. The van der Waals surface area contributed by atoms with Crippen molar-refractivity contribution >= 4 is 39.2 Å². The monoisotopic (exact) mass is 413 g/mol. The third-order valence-electron chi connectivity index (χ3n) is 5.41. The molecular formula is C21H20FN3OS2. The van der Waals surface area contributed by atoms with Crippen LogP contribution in [0.2, 0.25) is 0 Å². The van der Waals surface area contributed by atoms with Gasteiger partial charge in [0.1, 0.15) is 22.0 Å². The predicted molar refractivity (Wildman–Crippen MR) is 110 cm³/mol. The molecule has 144 valence electrons. The van der Waals surface area contributed by atoms with Gasteiger partial charge in [-0.25, -0.2) is 14.4 Å². The van der Waals surface area contributed by atoms with E-state index < -0.39 is 0 Å². The van der Waals surface area contributed by atoms with Crippen LogP contribution in [0.4, 0.5) is 4.39 Å². The van der Waals surface area contributed by atoms with Gasteiger partial charge in [-0.3, -0.25) is 4.79 Å². The van der Waals surface area contributed by atoms with E-state index in [4.69, 9.17) is 0 Å². The lowest BCUT2D eigenvalue weighted by Crippen LogP contribution is -2.34. The highest BCUT2D eigenvalue weighted by Gasteiger charge is 2.33. The van der Waals surface area contributed by atoms with Gasteiger partial charge in [0.15, 0.2) is 0 Å². The maximum Gasteiger partial charge on any atom is 0.233 e. The molecule has 1 saturated carbocycles. The van der Waals surface area contributed by atoms with Crippen molar-refractivity contribution in [2.45, 2.75) is 49.7 Å². The van der Waals surface area contributed by atoms with Crippen molar-refractivity contribution in [2.75, 3.05) is 5.75 Å². The number of benzene rings is 1. The standard InChI is InChI=1S/C21H20FN3OS2/c22-16-6-2-1-4-13(16)10-25(14-8-9-14)18(26)11-27-20-19-15-5-3-7-17(15)28-21(19)24-12-23-20/h1-2,4,6,12,14H,3,5,7-11H2. The van der Waals surface area contributed by atoms with Gasteiger partial charge in [0, 0.05) is 28.4 Å². The molecule has 0 aliphatic heterocycles. The Hall–Kier alpha value is -1.99. The molecule has 0 unspecified atom stereocenters. The Morgan fingerprint density at radius 2 is 2.11 bits per heavy atom. The highest BCUT2D eigenvalue weighted by molar-refractivity contribution is 8.00. The van der Waals surface area contributed by atoms with Crippen molar-refractivity contribution in [3.8, 4) is 0 Å². The van der Waals surface area contributed by atoms with E-state index >= 15 is 0 Å². The van der Waals surface area contributed by atoms with Gasteiger partial charge in [-0.05, 0) is 43.7 Å². The first-order valence-electron chi connectivity index (χ1n) is 9.61. The van der Waals surface area contributed by atoms with E-state index in [0.29, 0.717) is 17.9 Å². The highest BCUT2D eigenvalue weighted by atomic mass is 32.2. The van der Waals surface area contributed by atoms with Gasteiger partial charge in [0.2, 0.25) is 5.91 Å². The van der Waals surface area contributed by atoms with Gasteiger partial charge in [0.05, 0.1) is 5.75 Å². The third kappa shape index (κ3) is 3.42. The van der Waals surface area contributed by atoms with Gasteiger partial charge in [0.25, 0.3) is 0 Å². The second-order valence-corrected chi connectivity index (χ2v) is 9.40. The molecule has 0 atom stereocenters. The summed E-state index contributed by atoms with van der Waals surface area (Å²) in [6.45, 7) is 0.337. The zero-order chi connectivity index (χ0) is 19.1. The van der Waals surface area contributed by atoms with Crippen LogP contribution in [0.1, 0.15) is 35.3 Å². The Kier molecular flexibility index (Phi) is 4.80. The van der Waals surface area contributed by atoms with Crippen LogP contribution in [0.3, 0.4) is 0 Å². The lowest BCUT2D eigenvalue weighted by Gasteiger charge is -2.22. The number of carbonyl (C=O) groups is 1. The van der Waals surface area contributed by atoms with Gasteiger partial charge < -0.3 is 4.90 Å². The number of thiophene rings is 1. The van der Waals surface area contributed by atoms with E-state index in [1.165, 1.54) is 34.7 Å². The number of hydrogen-bond donors (Lipinski definition) is 0. The van der Waals surface area contributed by atoms with E-state index in [2.05, 4.69) is 9.97 Å². The summed E-state index contributed by atoms with van der Waals surface area (Å²) in [5, 5.41) is 2.05. The SMILES string of the molecule is O=C(CSc1ncnc2sc3c(c12)CCC3)N(Cc1ccccc1F)C1CC1. The minimum atomic E-state index is -0.250. The molecule has 2 heterocycles. The maximum atomic E-state index is 14.1. The Labute approximate surface area is 171 Å². The van der Waals surface area contributed by atoms with Crippen LogP contribution in [0.15, 0.2) is 35.6 Å². The quantitative estimate of drug-likeness (QED) is 0.438. The topological polar surface area (TPSA) is 46.1 Å². The van der Waals surface area contributed by atoms with Crippen molar-refractivity contribution < 1.29 is 9.18 Å². The highest BCUT2D eigenvalue weighted by Crippen LogP contribution is 2.40. The number of rotatable bonds is 6. The molecular weight excluding hydrogens is 393 g/mol. The van der Waals surface area contributed by atoms with E-state index in [1.807, 2.05) is 11.0 Å². The minimum Gasteiger partial charge on any atom is -0.335 e. The molecule has 3 aromatic rings. The number of hydrogen-bond acceptors (Lipinski definition) is 5. The number of nitrogens with zero attached hydrogens (tertiary/aromatic N) is 3. The van der Waals surface area contributed by atoms with E-state index in [-0.39, 0.29) is 17.8 Å². The van der Waals surface area contributed by atoms with Crippen LogP contribution < -0.4 is 0 Å². The molecule has 5 rings (SSSR count). The molecule has 2 aliphatic rings. The Morgan fingerprint density at radius 1 is 1.25 bits per heavy atom. The number of aryl methyl sites for hydroxylation is 2.